The fourth-order valence-electron chi connectivity index (χ4n) is 4.21. The molecule has 1 atom stereocenters. The van der Waals surface area contributed by atoms with Crippen LogP contribution in [0.1, 0.15) is 55.9 Å². The van der Waals surface area contributed by atoms with Crippen LogP contribution in [0.3, 0.4) is 0 Å². The molecule has 42 heavy (non-hydrogen) atoms. The fraction of sp³-hybridized carbons (Fsp3) is 0.273. The Balaban J connectivity index is 1.56. The Morgan fingerprint density at radius 3 is 2.21 bits per heavy atom. The quantitative estimate of drug-likeness (QED) is 0.230. The van der Waals surface area contributed by atoms with Crippen LogP contribution in [0.4, 0.5) is 0 Å². The van der Waals surface area contributed by atoms with Gasteiger partial charge >= 0.3 is 17.9 Å². The smallest absolute Gasteiger partial charge is 0.351 e. The molecule has 0 saturated carbocycles. The number of carboxylic acids is 1. The number of rotatable bonds is 11. The van der Waals surface area contributed by atoms with E-state index in [1.807, 2.05) is 60.7 Å². The van der Waals surface area contributed by atoms with Crippen LogP contribution in [0.15, 0.2) is 90.1 Å². The summed E-state index contributed by atoms with van der Waals surface area (Å²) in [6, 6.07) is 24.1. The van der Waals surface area contributed by atoms with Crippen molar-refractivity contribution in [1.29, 1.82) is 0 Å². The first kappa shape index (κ1) is 30.0. The Labute approximate surface area is 244 Å². The molecule has 4 rings (SSSR count). The van der Waals surface area contributed by atoms with E-state index in [2.05, 4.69) is 5.16 Å². The molecule has 9 heteroatoms. The summed E-state index contributed by atoms with van der Waals surface area (Å²) in [5, 5.41) is 14.1. The second-order valence-electron chi connectivity index (χ2n) is 10.8. The van der Waals surface area contributed by atoms with Crippen molar-refractivity contribution in [3.8, 4) is 5.75 Å². The van der Waals surface area contributed by atoms with Gasteiger partial charge in [0.15, 0.2) is 0 Å². The van der Waals surface area contributed by atoms with Gasteiger partial charge in [0.05, 0.1) is 12.1 Å². The van der Waals surface area contributed by atoms with E-state index >= 15 is 0 Å². The number of oxime groups is 1. The van der Waals surface area contributed by atoms with E-state index in [1.54, 1.807) is 45.0 Å². The largest absolute Gasteiger partial charge is 0.489 e. The Bertz CT molecular complexity index is 1470. The van der Waals surface area contributed by atoms with Gasteiger partial charge < -0.3 is 24.2 Å². The highest BCUT2D eigenvalue weighted by molar-refractivity contribution is 6.08. The normalized spacial score (nSPS) is 16.4. The summed E-state index contributed by atoms with van der Waals surface area (Å²) in [5.74, 6) is -2.11. The van der Waals surface area contributed by atoms with Crippen LogP contribution in [0.5, 0.6) is 5.75 Å². The molecule has 3 aromatic carbocycles. The summed E-state index contributed by atoms with van der Waals surface area (Å²) in [6.45, 7) is 5.51. The number of carboxylic acid groups (broad SMARTS) is 1. The molecule has 0 aromatic heterocycles. The predicted octanol–water partition coefficient (Wildman–Crippen LogP) is 5.70. The number of ether oxygens (including phenoxy) is 3. The molecule has 1 N–H and O–H groups in total. The van der Waals surface area contributed by atoms with Crippen molar-refractivity contribution in [2.24, 2.45) is 5.16 Å². The molecule has 218 valence electrons. The lowest BCUT2D eigenvalue weighted by Gasteiger charge is -2.24. The van der Waals surface area contributed by atoms with Gasteiger partial charge in [-0.1, -0.05) is 71.9 Å². The third-order valence-electron chi connectivity index (χ3n) is 6.23. The van der Waals surface area contributed by atoms with Crippen LogP contribution in [0, 0.1) is 0 Å². The predicted molar refractivity (Wildman–Crippen MR) is 156 cm³/mol. The summed E-state index contributed by atoms with van der Waals surface area (Å²) < 4.78 is 16.7. The van der Waals surface area contributed by atoms with Crippen LogP contribution in [0.2, 0.25) is 0 Å². The summed E-state index contributed by atoms with van der Waals surface area (Å²) >= 11 is 0. The topological polar surface area (TPSA) is 121 Å². The molecule has 1 aliphatic rings. The van der Waals surface area contributed by atoms with Gasteiger partial charge in [-0.05, 0) is 55.7 Å². The van der Waals surface area contributed by atoms with E-state index in [9.17, 15) is 19.5 Å². The van der Waals surface area contributed by atoms with Gasteiger partial charge in [0.2, 0.25) is 5.60 Å². The fourth-order valence-corrected chi connectivity index (χ4v) is 4.21. The zero-order chi connectivity index (χ0) is 30.2. The van der Waals surface area contributed by atoms with Gasteiger partial charge in [-0.2, -0.15) is 0 Å². The number of nitrogens with zero attached hydrogens (tertiary/aromatic N) is 1. The van der Waals surface area contributed by atoms with E-state index in [4.69, 9.17) is 19.0 Å². The van der Waals surface area contributed by atoms with Crippen molar-refractivity contribution < 1.29 is 38.5 Å². The molecule has 0 aliphatic carbocycles. The van der Waals surface area contributed by atoms with Gasteiger partial charge in [-0.3, -0.25) is 4.79 Å². The molecule has 1 unspecified atom stereocenters. The lowest BCUT2D eigenvalue weighted by Crippen LogP contribution is -2.42. The maximum atomic E-state index is 12.6. The third-order valence-corrected chi connectivity index (χ3v) is 6.23. The van der Waals surface area contributed by atoms with E-state index < -0.39 is 35.5 Å². The van der Waals surface area contributed by atoms with E-state index in [-0.39, 0.29) is 18.7 Å². The highest BCUT2D eigenvalue weighted by Gasteiger charge is 2.50. The molecule has 3 aromatic rings. The van der Waals surface area contributed by atoms with Crippen LogP contribution >= 0.6 is 0 Å². The number of benzene rings is 3. The molecule has 0 fully saturated rings. The molecule has 0 bridgehead atoms. The van der Waals surface area contributed by atoms with Crippen LogP contribution in [-0.4, -0.2) is 39.9 Å². The number of carbonyl (C=O) groups excluding carboxylic acids is 2. The first-order valence-corrected chi connectivity index (χ1v) is 13.4. The molecule has 1 aliphatic heterocycles. The second kappa shape index (κ2) is 13.2. The zero-order valence-corrected chi connectivity index (χ0v) is 23.7. The number of aliphatic carboxylic acids is 1. The monoisotopic (exact) mass is 571 g/mol. The minimum atomic E-state index is -1.94. The maximum Gasteiger partial charge on any atom is 0.351 e. The van der Waals surface area contributed by atoms with Crippen LogP contribution in [0.25, 0.3) is 6.08 Å². The molecule has 1 heterocycles. The molecular weight excluding hydrogens is 538 g/mol. The van der Waals surface area contributed by atoms with Crippen molar-refractivity contribution in [3.63, 3.8) is 0 Å². The number of hydrogen-bond acceptors (Lipinski definition) is 8. The zero-order valence-electron chi connectivity index (χ0n) is 23.7. The minimum absolute atomic E-state index is 0.121. The van der Waals surface area contributed by atoms with E-state index in [0.29, 0.717) is 23.5 Å². The van der Waals surface area contributed by atoms with Gasteiger partial charge in [-0.15, -0.1) is 0 Å². The van der Waals surface area contributed by atoms with Gasteiger partial charge in [0.1, 0.15) is 24.6 Å². The average molecular weight is 572 g/mol. The average Bonchev–Trinajstić information content (AvgIpc) is 3.39. The SMILES string of the molecule is CC(C)(C)OC(=O)CC1(C(=O)O)CC(c2cc(OCc3ccccc3)ccc2/C=C/C(=O)OCc2ccccc2)=NO1. The number of esters is 2. The summed E-state index contributed by atoms with van der Waals surface area (Å²) in [7, 11) is 0. The van der Waals surface area contributed by atoms with Crippen LogP contribution in [-0.2, 0) is 41.9 Å². The van der Waals surface area contributed by atoms with Gasteiger partial charge in [0.25, 0.3) is 0 Å². The Kier molecular flexibility index (Phi) is 9.42. The highest BCUT2D eigenvalue weighted by Crippen LogP contribution is 2.34. The molecular formula is C33H33NO8. The van der Waals surface area contributed by atoms with E-state index in [1.165, 1.54) is 6.08 Å². The first-order chi connectivity index (χ1) is 20.0. The lowest BCUT2D eigenvalue weighted by atomic mass is 9.89. The first-order valence-electron chi connectivity index (χ1n) is 13.4. The van der Waals surface area contributed by atoms with Gasteiger partial charge in [-0.25, -0.2) is 9.59 Å². The summed E-state index contributed by atoms with van der Waals surface area (Å²) in [4.78, 5) is 42.7. The summed E-state index contributed by atoms with van der Waals surface area (Å²) in [6.07, 6.45) is 2.10. The third kappa shape index (κ3) is 8.30. The van der Waals surface area contributed by atoms with Crippen molar-refractivity contribution in [2.75, 3.05) is 0 Å². The molecule has 0 saturated heterocycles. The Morgan fingerprint density at radius 1 is 0.952 bits per heavy atom. The van der Waals surface area contributed by atoms with Crippen molar-refractivity contribution in [2.45, 2.75) is 58.0 Å². The highest BCUT2D eigenvalue weighted by atomic mass is 16.7. The molecule has 0 spiro atoms. The number of carbonyl (C=O) groups is 3. The summed E-state index contributed by atoms with van der Waals surface area (Å²) in [5.41, 5.74) is 0.410. The van der Waals surface area contributed by atoms with Gasteiger partial charge in [0, 0.05) is 18.1 Å². The lowest BCUT2D eigenvalue weighted by molar-refractivity contribution is -0.175. The Hall–Kier alpha value is -4.92. The van der Waals surface area contributed by atoms with Crippen molar-refractivity contribution >= 4 is 29.7 Å². The number of hydrogen-bond donors (Lipinski definition) is 1. The van der Waals surface area contributed by atoms with Crippen LogP contribution < -0.4 is 4.74 Å². The minimum Gasteiger partial charge on any atom is -0.489 e. The molecule has 0 amide bonds. The molecule has 0 radical (unpaired) electrons. The molecule has 9 nitrogen and oxygen atoms in total. The Morgan fingerprint density at radius 2 is 1.60 bits per heavy atom. The standard InChI is InChI=1S/C33H33NO8/c1-32(2,3)41-30(36)20-33(31(37)38)19-28(34-42-33)27-18-26(39-21-23-10-6-4-7-11-23)16-14-25(27)15-17-29(35)40-22-24-12-8-5-9-13-24/h4-18H,19-22H2,1-3H3,(H,37,38)/b17-15+. The van der Waals surface area contributed by atoms with E-state index in [0.717, 1.165) is 11.1 Å². The second-order valence-corrected chi connectivity index (χ2v) is 10.8. The maximum absolute atomic E-state index is 12.6. The van der Waals surface area contributed by atoms with Crippen molar-refractivity contribution in [3.05, 3.63) is 107 Å². The van der Waals surface area contributed by atoms with Crippen molar-refractivity contribution in [1.82, 2.24) is 0 Å².